The summed E-state index contributed by atoms with van der Waals surface area (Å²) in [6.07, 6.45) is 5.93. The van der Waals surface area contributed by atoms with Crippen LogP contribution >= 0.6 is 0 Å². The average molecular weight is 411 g/mol. The number of aromatic nitrogens is 2. The molecule has 2 fully saturated rings. The van der Waals surface area contributed by atoms with Gasteiger partial charge in [-0.2, -0.15) is 0 Å². The molecule has 160 valence electrons. The number of aryl methyl sites for hydroxylation is 1. The molecule has 2 aliphatic rings. The maximum absolute atomic E-state index is 12.7. The first kappa shape index (κ1) is 20.6. The Balaban J connectivity index is 1.51. The van der Waals surface area contributed by atoms with Gasteiger partial charge in [-0.25, -0.2) is 9.97 Å². The van der Waals surface area contributed by atoms with Crippen molar-refractivity contribution in [2.75, 3.05) is 51.9 Å². The molecule has 0 spiro atoms. The molecule has 2 atom stereocenters. The first-order chi connectivity index (χ1) is 14.6. The fourth-order valence-electron chi connectivity index (χ4n) is 4.84. The lowest BCUT2D eigenvalue weighted by atomic mass is 9.76. The maximum Gasteiger partial charge on any atom is 0.225 e. The van der Waals surface area contributed by atoms with Crippen molar-refractivity contribution in [3.8, 4) is 5.75 Å². The van der Waals surface area contributed by atoms with Crippen molar-refractivity contribution in [1.29, 1.82) is 0 Å². The second-order valence-electron chi connectivity index (χ2n) is 8.37. The Hall–Kier alpha value is -2.67. The summed E-state index contributed by atoms with van der Waals surface area (Å²) in [5.74, 6) is 2.00. The van der Waals surface area contributed by atoms with Crippen molar-refractivity contribution in [2.24, 2.45) is 11.3 Å². The fourth-order valence-corrected chi connectivity index (χ4v) is 4.84. The zero-order valence-corrected chi connectivity index (χ0v) is 17.8. The Labute approximate surface area is 178 Å². The first-order valence-corrected chi connectivity index (χ1v) is 10.6. The topological polar surface area (TPSA) is 67.8 Å². The molecule has 0 N–H and O–H groups in total. The number of hydrogen-bond acceptors (Lipinski definition) is 6. The minimum absolute atomic E-state index is 0.0574. The van der Waals surface area contributed by atoms with Crippen LogP contribution in [0.25, 0.3) is 0 Å². The number of amides is 1. The average Bonchev–Trinajstić information content (AvgIpc) is 3.31. The minimum Gasteiger partial charge on any atom is -0.494 e. The van der Waals surface area contributed by atoms with E-state index in [9.17, 15) is 4.79 Å². The van der Waals surface area contributed by atoms with Gasteiger partial charge in [-0.3, -0.25) is 4.79 Å². The predicted octanol–water partition coefficient (Wildman–Crippen LogP) is 2.42. The van der Waals surface area contributed by atoms with Crippen LogP contribution in [0.4, 0.5) is 5.95 Å². The Kier molecular flexibility index (Phi) is 6.18. The third-order valence-corrected chi connectivity index (χ3v) is 6.52. The Bertz CT molecular complexity index is 845. The van der Waals surface area contributed by atoms with E-state index < -0.39 is 0 Å². The highest BCUT2D eigenvalue weighted by Gasteiger charge is 2.53. The second-order valence-corrected chi connectivity index (χ2v) is 8.37. The van der Waals surface area contributed by atoms with E-state index >= 15 is 0 Å². The van der Waals surface area contributed by atoms with Gasteiger partial charge < -0.3 is 19.3 Å². The largest absolute Gasteiger partial charge is 0.494 e. The summed E-state index contributed by atoms with van der Waals surface area (Å²) in [5.41, 5.74) is 1.40. The molecule has 0 unspecified atom stereocenters. The van der Waals surface area contributed by atoms with Gasteiger partial charge in [0, 0.05) is 44.6 Å². The summed E-state index contributed by atoms with van der Waals surface area (Å²) in [5, 5.41) is 0. The zero-order chi connectivity index (χ0) is 21.0. The third-order valence-electron chi connectivity index (χ3n) is 6.52. The molecule has 1 amide bonds. The van der Waals surface area contributed by atoms with Gasteiger partial charge >= 0.3 is 0 Å². The number of hydrogen-bond donors (Lipinski definition) is 0. The quantitative estimate of drug-likeness (QED) is 0.666. The van der Waals surface area contributed by atoms with Crippen LogP contribution in [0.3, 0.4) is 0 Å². The van der Waals surface area contributed by atoms with Gasteiger partial charge in [0.05, 0.1) is 32.5 Å². The minimum atomic E-state index is 0.0574. The predicted molar refractivity (Wildman–Crippen MR) is 115 cm³/mol. The Morgan fingerprint density at radius 1 is 1.13 bits per heavy atom. The van der Waals surface area contributed by atoms with E-state index in [1.54, 1.807) is 26.6 Å². The number of anilines is 1. The number of rotatable bonds is 8. The zero-order valence-electron chi connectivity index (χ0n) is 17.8. The molecular weight excluding hydrogens is 380 g/mol. The van der Waals surface area contributed by atoms with E-state index in [4.69, 9.17) is 9.47 Å². The number of fused-ring (bicyclic) bond motifs is 1. The summed E-state index contributed by atoms with van der Waals surface area (Å²) in [7, 11) is 3.26. The van der Waals surface area contributed by atoms with Gasteiger partial charge in [-0.15, -0.1) is 0 Å². The number of nitrogens with zero attached hydrogens (tertiary/aromatic N) is 4. The molecule has 3 heterocycles. The molecule has 7 heteroatoms. The van der Waals surface area contributed by atoms with Crippen LogP contribution in [-0.2, 0) is 16.0 Å². The highest BCUT2D eigenvalue weighted by atomic mass is 16.5. The first-order valence-electron chi connectivity index (χ1n) is 10.6. The van der Waals surface area contributed by atoms with Crippen LogP contribution in [0.5, 0.6) is 5.75 Å². The van der Waals surface area contributed by atoms with Crippen molar-refractivity contribution in [1.82, 2.24) is 14.9 Å². The summed E-state index contributed by atoms with van der Waals surface area (Å²) < 4.78 is 10.3. The van der Waals surface area contributed by atoms with E-state index in [-0.39, 0.29) is 11.3 Å². The molecule has 2 aromatic rings. The summed E-state index contributed by atoms with van der Waals surface area (Å²) in [6, 6.07) is 10.6. The molecule has 30 heavy (non-hydrogen) atoms. The van der Waals surface area contributed by atoms with Crippen LogP contribution in [0.2, 0.25) is 0 Å². The molecule has 1 aromatic heterocycles. The second kappa shape index (κ2) is 9.00. The van der Waals surface area contributed by atoms with Crippen molar-refractivity contribution in [3.05, 3.63) is 48.3 Å². The molecule has 4 rings (SSSR count). The number of ether oxygens (including phenoxy) is 2. The number of methoxy groups -OCH3 is 2. The van der Waals surface area contributed by atoms with E-state index in [0.717, 1.165) is 45.0 Å². The van der Waals surface area contributed by atoms with E-state index in [1.165, 1.54) is 5.56 Å². The van der Waals surface area contributed by atoms with Crippen molar-refractivity contribution < 1.29 is 14.3 Å². The SMILES string of the molecule is COCCC(=O)N1C[C@@H]2CN(c3ncc(OC)cn3)C[C@]2(CCc2ccccc2)C1. The molecule has 0 radical (unpaired) electrons. The summed E-state index contributed by atoms with van der Waals surface area (Å²) >= 11 is 0. The summed E-state index contributed by atoms with van der Waals surface area (Å²) in [6.45, 7) is 3.80. The van der Waals surface area contributed by atoms with Gasteiger partial charge in [0.15, 0.2) is 5.75 Å². The van der Waals surface area contributed by atoms with Gasteiger partial charge in [0.1, 0.15) is 0 Å². The molecule has 7 nitrogen and oxygen atoms in total. The number of benzene rings is 1. The van der Waals surface area contributed by atoms with Crippen LogP contribution in [0.15, 0.2) is 42.7 Å². The van der Waals surface area contributed by atoms with E-state index in [2.05, 4.69) is 45.2 Å². The highest BCUT2D eigenvalue weighted by molar-refractivity contribution is 5.76. The monoisotopic (exact) mass is 410 g/mol. The van der Waals surface area contributed by atoms with Gasteiger partial charge in [0.2, 0.25) is 11.9 Å². The number of carbonyl (C=O) groups is 1. The van der Waals surface area contributed by atoms with Gasteiger partial charge in [-0.05, 0) is 18.4 Å². The van der Waals surface area contributed by atoms with Crippen molar-refractivity contribution in [2.45, 2.75) is 19.3 Å². The number of likely N-dealkylation sites (tertiary alicyclic amines) is 1. The molecule has 0 saturated carbocycles. The molecule has 0 aliphatic carbocycles. The van der Waals surface area contributed by atoms with Crippen LogP contribution < -0.4 is 9.64 Å². The number of carbonyl (C=O) groups excluding carboxylic acids is 1. The third kappa shape index (κ3) is 4.26. The normalized spacial score (nSPS) is 22.9. The van der Waals surface area contributed by atoms with E-state index in [1.807, 2.05) is 4.90 Å². The van der Waals surface area contributed by atoms with Crippen LogP contribution in [0, 0.1) is 11.3 Å². The van der Waals surface area contributed by atoms with Crippen molar-refractivity contribution in [3.63, 3.8) is 0 Å². The molecular formula is C23H30N4O3. The standard InChI is InChI=1S/C23H30N4O3/c1-29-11-9-21(28)26-14-19-15-27(22-24-12-20(30-2)13-25-22)17-23(19,16-26)10-8-18-6-4-3-5-7-18/h3-7,12-13,19H,8-11,14-17H2,1-2H3/t19-,23+/m1/s1. The summed E-state index contributed by atoms with van der Waals surface area (Å²) in [4.78, 5) is 26.0. The Morgan fingerprint density at radius 2 is 1.90 bits per heavy atom. The highest BCUT2D eigenvalue weighted by Crippen LogP contribution is 2.46. The Morgan fingerprint density at radius 3 is 2.60 bits per heavy atom. The van der Waals surface area contributed by atoms with Gasteiger partial charge in [-0.1, -0.05) is 30.3 Å². The molecule has 2 saturated heterocycles. The van der Waals surface area contributed by atoms with E-state index in [0.29, 0.717) is 24.7 Å². The maximum atomic E-state index is 12.7. The molecule has 1 aromatic carbocycles. The molecule has 2 aliphatic heterocycles. The lowest BCUT2D eigenvalue weighted by Gasteiger charge is -2.29. The smallest absolute Gasteiger partial charge is 0.225 e. The van der Waals surface area contributed by atoms with Gasteiger partial charge in [0.25, 0.3) is 0 Å². The fraction of sp³-hybridized carbons (Fsp3) is 0.522. The lowest BCUT2D eigenvalue weighted by molar-refractivity contribution is -0.131. The molecule has 0 bridgehead atoms. The lowest BCUT2D eigenvalue weighted by Crippen LogP contribution is -2.37. The van der Waals surface area contributed by atoms with Crippen LogP contribution in [0.1, 0.15) is 18.4 Å². The van der Waals surface area contributed by atoms with Crippen molar-refractivity contribution >= 4 is 11.9 Å². The van der Waals surface area contributed by atoms with Crippen LogP contribution in [-0.4, -0.2) is 67.8 Å².